The van der Waals surface area contributed by atoms with Gasteiger partial charge in [-0.25, -0.2) is 0 Å². The van der Waals surface area contributed by atoms with Gasteiger partial charge in [0.05, 0.1) is 22.8 Å². The number of nitrogens with two attached hydrogens (primary N) is 1. The van der Waals surface area contributed by atoms with Crippen molar-refractivity contribution in [2.24, 2.45) is 5.73 Å². The van der Waals surface area contributed by atoms with Gasteiger partial charge in [-0.2, -0.15) is 13.2 Å². The summed E-state index contributed by atoms with van der Waals surface area (Å²) in [5.41, 5.74) is 6.23. The summed E-state index contributed by atoms with van der Waals surface area (Å²) in [5, 5.41) is 0.819. The third kappa shape index (κ3) is 2.65. The average molecular weight is 303 g/mol. The molecular weight excluding hydrogens is 291 g/mol. The number of hydrogen-bond acceptors (Lipinski definition) is 3. The standard InChI is InChI=1S/C16H12F3N3/c17-16(18,19)12-5-3-7-21-15(12)14(20)11-8-10-4-1-2-6-13(10)22-9-11/h1-9,14H,20H2. The summed E-state index contributed by atoms with van der Waals surface area (Å²) in [7, 11) is 0. The second-order valence-corrected chi connectivity index (χ2v) is 4.87. The van der Waals surface area contributed by atoms with E-state index in [0.29, 0.717) is 5.56 Å². The third-order valence-corrected chi connectivity index (χ3v) is 3.41. The van der Waals surface area contributed by atoms with Crippen molar-refractivity contribution in [1.82, 2.24) is 9.97 Å². The number of halogens is 3. The van der Waals surface area contributed by atoms with Crippen LogP contribution in [0.25, 0.3) is 10.9 Å². The SMILES string of the molecule is NC(c1cnc2ccccc2c1)c1ncccc1C(F)(F)F. The normalized spacial score (nSPS) is 13.3. The van der Waals surface area contributed by atoms with Gasteiger partial charge in [-0.05, 0) is 29.8 Å². The first-order valence-electron chi connectivity index (χ1n) is 6.59. The molecule has 6 heteroatoms. The zero-order valence-electron chi connectivity index (χ0n) is 11.4. The molecule has 3 nitrogen and oxygen atoms in total. The van der Waals surface area contributed by atoms with Crippen molar-refractivity contribution in [3.05, 3.63) is 71.7 Å². The lowest BCUT2D eigenvalue weighted by atomic mass is 10.00. The van der Waals surface area contributed by atoms with Gasteiger partial charge >= 0.3 is 6.18 Å². The molecule has 0 saturated carbocycles. The number of benzene rings is 1. The molecule has 0 radical (unpaired) electrons. The smallest absolute Gasteiger partial charge is 0.319 e. The Bertz CT molecular complexity index is 815. The fraction of sp³-hybridized carbons (Fsp3) is 0.125. The van der Waals surface area contributed by atoms with Crippen LogP contribution in [0.1, 0.15) is 22.9 Å². The number of nitrogens with zero attached hydrogens (tertiary/aromatic N) is 2. The lowest BCUT2D eigenvalue weighted by molar-refractivity contribution is -0.138. The van der Waals surface area contributed by atoms with Crippen LogP contribution in [0.3, 0.4) is 0 Å². The van der Waals surface area contributed by atoms with E-state index in [0.717, 1.165) is 17.0 Å². The molecule has 0 bridgehead atoms. The van der Waals surface area contributed by atoms with E-state index in [2.05, 4.69) is 9.97 Å². The summed E-state index contributed by atoms with van der Waals surface area (Å²) in [4.78, 5) is 8.06. The minimum absolute atomic E-state index is 0.202. The summed E-state index contributed by atoms with van der Waals surface area (Å²) in [5.74, 6) is 0. The lowest BCUT2D eigenvalue weighted by Crippen LogP contribution is -2.20. The lowest BCUT2D eigenvalue weighted by Gasteiger charge is -2.17. The Morgan fingerprint density at radius 2 is 1.77 bits per heavy atom. The van der Waals surface area contributed by atoms with Gasteiger partial charge in [0.15, 0.2) is 0 Å². The Kier molecular flexibility index (Phi) is 3.54. The zero-order chi connectivity index (χ0) is 15.7. The maximum Gasteiger partial charge on any atom is 0.418 e. The number of fused-ring (bicyclic) bond motifs is 1. The molecule has 2 N–H and O–H groups in total. The molecule has 0 aliphatic heterocycles. The van der Waals surface area contributed by atoms with Crippen molar-refractivity contribution in [3.8, 4) is 0 Å². The van der Waals surface area contributed by atoms with E-state index in [4.69, 9.17) is 5.73 Å². The fourth-order valence-electron chi connectivity index (χ4n) is 2.32. The van der Waals surface area contributed by atoms with Crippen LogP contribution in [-0.2, 0) is 6.18 Å². The van der Waals surface area contributed by atoms with Gasteiger partial charge in [0, 0.05) is 17.8 Å². The maximum atomic E-state index is 13.1. The van der Waals surface area contributed by atoms with E-state index in [1.54, 1.807) is 6.07 Å². The molecule has 0 fully saturated rings. The second kappa shape index (κ2) is 5.38. The minimum atomic E-state index is -4.49. The molecular formula is C16H12F3N3. The van der Waals surface area contributed by atoms with E-state index < -0.39 is 17.8 Å². The number of hydrogen-bond donors (Lipinski definition) is 1. The zero-order valence-corrected chi connectivity index (χ0v) is 11.4. The summed E-state index contributed by atoms with van der Waals surface area (Å²) in [6, 6.07) is 10.3. The van der Waals surface area contributed by atoms with E-state index in [-0.39, 0.29) is 5.69 Å². The summed E-state index contributed by atoms with van der Waals surface area (Å²) >= 11 is 0. The van der Waals surface area contributed by atoms with Crippen molar-refractivity contribution < 1.29 is 13.2 Å². The fourth-order valence-corrected chi connectivity index (χ4v) is 2.32. The number of rotatable bonds is 2. The predicted octanol–water partition coefficient (Wildman–Crippen LogP) is 3.70. The van der Waals surface area contributed by atoms with Crippen LogP contribution < -0.4 is 5.73 Å². The molecule has 1 aromatic carbocycles. The molecule has 0 aliphatic rings. The van der Waals surface area contributed by atoms with Crippen molar-refractivity contribution in [2.75, 3.05) is 0 Å². The van der Waals surface area contributed by atoms with Gasteiger partial charge in [0.25, 0.3) is 0 Å². The van der Waals surface area contributed by atoms with Crippen LogP contribution in [-0.4, -0.2) is 9.97 Å². The largest absolute Gasteiger partial charge is 0.418 e. The summed E-state index contributed by atoms with van der Waals surface area (Å²) < 4.78 is 39.2. The van der Waals surface area contributed by atoms with Crippen LogP contribution in [0.2, 0.25) is 0 Å². The Morgan fingerprint density at radius 3 is 2.55 bits per heavy atom. The van der Waals surface area contributed by atoms with Gasteiger partial charge < -0.3 is 5.73 Å². The van der Waals surface area contributed by atoms with Gasteiger partial charge in [-0.15, -0.1) is 0 Å². The molecule has 0 aliphatic carbocycles. The van der Waals surface area contributed by atoms with Gasteiger partial charge in [-0.3, -0.25) is 9.97 Å². The number of pyridine rings is 2. The van der Waals surface area contributed by atoms with Crippen LogP contribution in [0.15, 0.2) is 54.9 Å². The Labute approximate surface area is 124 Å². The number of aromatic nitrogens is 2. The molecule has 0 saturated heterocycles. The quantitative estimate of drug-likeness (QED) is 0.785. The Hall–Kier alpha value is -2.47. The first kappa shape index (κ1) is 14.5. The van der Waals surface area contributed by atoms with Gasteiger partial charge in [-0.1, -0.05) is 18.2 Å². The van der Waals surface area contributed by atoms with Crippen LogP contribution in [0, 0.1) is 0 Å². The first-order valence-corrected chi connectivity index (χ1v) is 6.59. The summed E-state index contributed by atoms with van der Waals surface area (Å²) in [6.45, 7) is 0. The Balaban J connectivity index is 2.08. The van der Waals surface area contributed by atoms with Crippen molar-refractivity contribution >= 4 is 10.9 Å². The third-order valence-electron chi connectivity index (χ3n) is 3.41. The molecule has 0 spiro atoms. The number of para-hydroxylation sites is 1. The molecule has 3 aromatic rings. The molecule has 2 heterocycles. The van der Waals surface area contributed by atoms with E-state index >= 15 is 0 Å². The van der Waals surface area contributed by atoms with E-state index in [1.807, 2.05) is 24.3 Å². The van der Waals surface area contributed by atoms with Gasteiger partial charge in [0.2, 0.25) is 0 Å². The van der Waals surface area contributed by atoms with E-state index in [1.165, 1.54) is 18.5 Å². The predicted molar refractivity (Wildman–Crippen MR) is 77.0 cm³/mol. The molecule has 1 atom stereocenters. The minimum Gasteiger partial charge on any atom is -0.319 e. The molecule has 112 valence electrons. The van der Waals surface area contributed by atoms with Crippen LogP contribution >= 0.6 is 0 Å². The van der Waals surface area contributed by atoms with Crippen LogP contribution in [0.4, 0.5) is 13.2 Å². The van der Waals surface area contributed by atoms with Gasteiger partial charge in [0.1, 0.15) is 0 Å². The highest BCUT2D eigenvalue weighted by Gasteiger charge is 2.35. The molecule has 2 aromatic heterocycles. The summed E-state index contributed by atoms with van der Waals surface area (Å²) in [6.07, 6.45) is -1.70. The van der Waals surface area contributed by atoms with Crippen LogP contribution in [0.5, 0.6) is 0 Å². The molecule has 0 amide bonds. The highest BCUT2D eigenvalue weighted by molar-refractivity contribution is 5.78. The molecule has 3 rings (SSSR count). The average Bonchev–Trinajstić information content (AvgIpc) is 2.53. The molecule has 22 heavy (non-hydrogen) atoms. The van der Waals surface area contributed by atoms with E-state index in [9.17, 15) is 13.2 Å². The highest BCUT2D eigenvalue weighted by atomic mass is 19.4. The monoisotopic (exact) mass is 303 g/mol. The number of alkyl halides is 3. The topological polar surface area (TPSA) is 51.8 Å². The molecule has 1 unspecified atom stereocenters. The Morgan fingerprint density at radius 1 is 1.00 bits per heavy atom. The first-order chi connectivity index (χ1) is 10.5. The highest BCUT2D eigenvalue weighted by Crippen LogP contribution is 2.34. The van der Waals surface area contributed by atoms with Crippen molar-refractivity contribution in [3.63, 3.8) is 0 Å². The van der Waals surface area contributed by atoms with Crippen molar-refractivity contribution in [1.29, 1.82) is 0 Å². The second-order valence-electron chi connectivity index (χ2n) is 4.87. The maximum absolute atomic E-state index is 13.1. The van der Waals surface area contributed by atoms with Crippen molar-refractivity contribution in [2.45, 2.75) is 12.2 Å².